The third kappa shape index (κ3) is 5.94. The minimum atomic E-state index is -0.531. The summed E-state index contributed by atoms with van der Waals surface area (Å²) in [6.45, 7) is 0.947. The first kappa shape index (κ1) is 11.5. The lowest BCUT2D eigenvalue weighted by Gasteiger charge is -1.99. The van der Waals surface area contributed by atoms with Crippen molar-refractivity contribution in [1.29, 1.82) is 0 Å². The number of hydrogen-bond donors (Lipinski definition) is 1. The number of epoxide rings is 1. The van der Waals surface area contributed by atoms with Gasteiger partial charge in [0.1, 0.15) is 0 Å². The second kappa shape index (κ2) is 6.79. The van der Waals surface area contributed by atoms with Crippen LogP contribution in [0.25, 0.3) is 0 Å². The molecule has 4 nitrogen and oxygen atoms in total. The van der Waals surface area contributed by atoms with E-state index < -0.39 is 5.97 Å². The van der Waals surface area contributed by atoms with Crippen LogP contribution in [-0.4, -0.2) is 23.9 Å². The van der Waals surface area contributed by atoms with Gasteiger partial charge >= 0.3 is 5.97 Å². The quantitative estimate of drug-likeness (QED) is 0.283. The van der Waals surface area contributed by atoms with Gasteiger partial charge in [0, 0.05) is 6.42 Å². The molecule has 0 aliphatic carbocycles. The number of carbonyl (C=O) groups is 1. The van der Waals surface area contributed by atoms with Gasteiger partial charge in [0.2, 0.25) is 0 Å². The maximum atomic E-state index is 10.5. The van der Waals surface area contributed by atoms with Crippen LogP contribution in [0.2, 0.25) is 0 Å². The van der Waals surface area contributed by atoms with Gasteiger partial charge in [0.25, 0.3) is 0 Å². The fraction of sp³-hybridized carbons (Fsp3) is 0.900. The summed E-state index contributed by atoms with van der Waals surface area (Å²) in [5.41, 5.74) is 0. The van der Waals surface area contributed by atoms with Crippen LogP contribution in [0.1, 0.15) is 44.9 Å². The van der Waals surface area contributed by atoms with Gasteiger partial charge < -0.3 is 9.62 Å². The predicted molar refractivity (Wildman–Crippen MR) is 50.8 cm³/mol. The Hall–Kier alpha value is -0.610. The number of hydrogen-bond acceptors (Lipinski definition) is 4. The summed E-state index contributed by atoms with van der Waals surface area (Å²) in [6, 6.07) is 0. The molecule has 0 amide bonds. The Morgan fingerprint density at radius 2 is 1.93 bits per heavy atom. The average Bonchev–Trinajstić information content (AvgIpc) is 2.99. The van der Waals surface area contributed by atoms with Crippen LogP contribution in [0.3, 0.4) is 0 Å². The number of rotatable bonds is 8. The second-order valence-electron chi connectivity index (χ2n) is 3.73. The van der Waals surface area contributed by atoms with Crippen LogP contribution < -0.4 is 0 Å². The molecule has 14 heavy (non-hydrogen) atoms. The number of carbonyl (C=O) groups excluding carboxylic acids is 1. The van der Waals surface area contributed by atoms with Gasteiger partial charge in [0.05, 0.1) is 12.7 Å². The molecule has 0 radical (unpaired) electrons. The molecule has 1 saturated heterocycles. The van der Waals surface area contributed by atoms with Crippen LogP contribution in [-0.2, 0) is 14.4 Å². The molecule has 1 fully saturated rings. The van der Waals surface area contributed by atoms with Gasteiger partial charge in [-0.1, -0.05) is 25.7 Å². The molecule has 1 aliphatic rings. The zero-order valence-electron chi connectivity index (χ0n) is 8.41. The Kier molecular flexibility index (Phi) is 5.56. The Labute approximate surface area is 84.1 Å². The van der Waals surface area contributed by atoms with E-state index >= 15 is 0 Å². The van der Waals surface area contributed by atoms with Crippen molar-refractivity contribution in [1.82, 2.24) is 0 Å². The van der Waals surface area contributed by atoms with E-state index in [0.29, 0.717) is 12.5 Å². The van der Waals surface area contributed by atoms with Gasteiger partial charge in [-0.2, -0.15) is 5.26 Å². The van der Waals surface area contributed by atoms with Crippen molar-refractivity contribution >= 4 is 5.97 Å². The van der Waals surface area contributed by atoms with E-state index in [4.69, 9.17) is 9.99 Å². The van der Waals surface area contributed by atoms with Crippen LogP contribution >= 0.6 is 0 Å². The van der Waals surface area contributed by atoms with E-state index in [1.165, 1.54) is 19.3 Å². The van der Waals surface area contributed by atoms with Crippen LogP contribution in [0.4, 0.5) is 0 Å². The standard InChI is InChI=1S/C10H18O4/c11-10(14-12)7-5-3-1-2-4-6-9-8-13-9/h9,12H,1-8H2. The van der Waals surface area contributed by atoms with Crippen LogP contribution in [0.5, 0.6) is 0 Å². The first-order valence-electron chi connectivity index (χ1n) is 5.29. The zero-order valence-corrected chi connectivity index (χ0v) is 8.41. The highest BCUT2D eigenvalue weighted by molar-refractivity contribution is 5.68. The molecular formula is C10H18O4. The lowest BCUT2D eigenvalue weighted by molar-refractivity contribution is -0.234. The van der Waals surface area contributed by atoms with E-state index in [1.807, 2.05) is 0 Å². The van der Waals surface area contributed by atoms with Crippen LogP contribution in [0.15, 0.2) is 0 Å². The minimum absolute atomic E-state index is 0.322. The molecule has 82 valence electrons. The molecular weight excluding hydrogens is 184 g/mol. The highest BCUT2D eigenvalue weighted by Crippen LogP contribution is 2.17. The zero-order chi connectivity index (χ0) is 10.2. The fourth-order valence-corrected chi connectivity index (χ4v) is 1.45. The van der Waals surface area contributed by atoms with Crippen molar-refractivity contribution in [3.63, 3.8) is 0 Å². The lowest BCUT2D eigenvalue weighted by Crippen LogP contribution is -1.99. The Morgan fingerprint density at radius 1 is 1.29 bits per heavy atom. The van der Waals surface area contributed by atoms with E-state index in [9.17, 15) is 4.79 Å². The summed E-state index contributed by atoms with van der Waals surface area (Å²) in [5, 5.41) is 7.98. The molecule has 1 heterocycles. The van der Waals surface area contributed by atoms with Crippen molar-refractivity contribution in [2.45, 2.75) is 51.0 Å². The molecule has 4 heteroatoms. The molecule has 0 aromatic carbocycles. The summed E-state index contributed by atoms with van der Waals surface area (Å²) < 4.78 is 5.09. The normalized spacial score (nSPS) is 19.4. The molecule has 1 N–H and O–H groups in total. The van der Waals surface area contributed by atoms with Crippen molar-refractivity contribution in [3.05, 3.63) is 0 Å². The van der Waals surface area contributed by atoms with Crippen molar-refractivity contribution in [3.8, 4) is 0 Å². The molecule has 1 atom stereocenters. The number of ether oxygens (including phenoxy) is 1. The van der Waals surface area contributed by atoms with Crippen LogP contribution in [0, 0.1) is 0 Å². The Morgan fingerprint density at radius 3 is 2.57 bits per heavy atom. The SMILES string of the molecule is O=C(CCCCCCCC1CO1)OO. The van der Waals surface area contributed by atoms with E-state index in [1.54, 1.807) is 0 Å². The average molecular weight is 202 g/mol. The van der Waals surface area contributed by atoms with Crippen molar-refractivity contribution < 1.29 is 19.7 Å². The summed E-state index contributed by atoms with van der Waals surface area (Å²) in [4.78, 5) is 14.1. The number of unbranched alkanes of at least 4 members (excludes halogenated alkanes) is 4. The van der Waals surface area contributed by atoms with Gasteiger partial charge in [-0.05, 0) is 12.8 Å². The minimum Gasteiger partial charge on any atom is -0.373 e. The predicted octanol–water partition coefficient (Wildman–Crippen LogP) is 2.13. The first-order chi connectivity index (χ1) is 6.83. The maximum Gasteiger partial charge on any atom is 0.342 e. The summed E-state index contributed by atoms with van der Waals surface area (Å²) >= 11 is 0. The molecule has 0 saturated carbocycles. The summed E-state index contributed by atoms with van der Waals surface area (Å²) in [6.07, 6.45) is 7.44. The summed E-state index contributed by atoms with van der Waals surface area (Å²) in [5.74, 6) is -0.531. The van der Waals surface area contributed by atoms with Gasteiger partial charge in [-0.25, -0.2) is 4.79 Å². The Bertz CT molecular complexity index is 166. The summed E-state index contributed by atoms with van der Waals surface area (Å²) in [7, 11) is 0. The van der Waals surface area contributed by atoms with E-state index in [2.05, 4.69) is 4.89 Å². The third-order valence-corrected chi connectivity index (χ3v) is 2.41. The second-order valence-corrected chi connectivity index (χ2v) is 3.73. The van der Waals surface area contributed by atoms with E-state index in [0.717, 1.165) is 25.9 Å². The van der Waals surface area contributed by atoms with Crippen molar-refractivity contribution in [2.75, 3.05) is 6.61 Å². The first-order valence-corrected chi connectivity index (χ1v) is 5.29. The third-order valence-electron chi connectivity index (χ3n) is 2.41. The fourth-order valence-electron chi connectivity index (χ4n) is 1.45. The molecule has 0 aromatic rings. The highest BCUT2D eigenvalue weighted by atomic mass is 17.1. The van der Waals surface area contributed by atoms with Gasteiger partial charge in [0.15, 0.2) is 0 Å². The van der Waals surface area contributed by atoms with E-state index in [-0.39, 0.29) is 0 Å². The lowest BCUT2D eigenvalue weighted by atomic mass is 10.1. The molecule has 0 aromatic heterocycles. The highest BCUT2D eigenvalue weighted by Gasteiger charge is 2.20. The molecule has 1 unspecified atom stereocenters. The van der Waals surface area contributed by atoms with Gasteiger partial charge in [-0.15, -0.1) is 0 Å². The maximum absolute atomic E-state index is 10.5. The molecule has 0 spiro atoms. The molecule has 1 aliphatic heterocycles. The smallest absolute Gasteiger partial charge is 0.342 e. The van der Waals surface area contributed by atoms with Crippen molar-refractivity contribution in [2.24, 2.45) is 0 Å². The molecule has 0 bridgehead atoms. The largest absolute Gasteiger partial charge is 0.373 e. The monoisotopic (exact) mass is 202 g/mol. The Balaban J connectivity index is 1.72. The van der Waals surface area contributed by atoms with Gasteiger partial charge in [-0.3, -0.25) is 0 Å². The molecule has 1 rings (SSSR count). The topological polar surface area (TPSA) is 59.1 Å².